The largest absolute Gasteiger partial charge is 0.707 e. The summed E-state index contributed by atoms with van der Waals surface area (Å²) in [7, 11) is -1.84. The number of benzene rings is 2. The molecule has 0 heterocycles. The maximum atomic E-state index is 9.26. The Balaban J connectivity index is 2.56. The van der Waals surface area contributed by atoms with Crippen molar-refractivity contribution in [1.82, 2.24) is 0 Å². The predicted molar refractivity (Wildman–Crippen MR) is 56.4 cm³/mol. The van der Waals surface area contributed by atoms with Gasteiger partial charge < -0.3 is 19.8 Å². The fourth-order valence-electron chi connectivity index (χ4n) is 1.46. The number of phenols is 1. The molecule has 0 radical (unpaired) electrons. The molecule has 0 saturated carbocycles. The predicted octanol–water partition coefficient (Wildman–Crippen LogP) is 0.894. The average Bonchev–Trinajstić information content (AvgIpc) is 2.16. The molecular formula is C10H9BO4. The number of hydrogen-bond acceptors (Lipinski definition) is 4. The Labute approximate surface area is 86.5 Å². The van der Waals surface area contributed by atoms with E-state index in [0.717, 1.165) is 5.39 Å². The van der Waals surface area contributed by atoms with Gasteiger partial charge in [-0.15, -0.1) is 0 Å². The Bertz CT molecular complexity index is 484. The summed E-state index contributed by atoms with van der Waals surface area (Å²) in [6.07, 6.45) is 0. The molecule has 2 rings (SSSR count). The van der Waals surface area contributed by atoms with Crippen LogP contribution in [0.3, 0.4) is 0 Å². The first-order chi connectivity index (χ1) is 7.16. The molecule has 0 aromatic heterocycles. The Morgan fingerprint density at radius 3 is 2.60 bits per heavy atom. The van der Waals surface area contributed by atoms with E-state index in [1.807, 2.05) is 0 Å². The second kappa shape index (κ2) is 3.80. The maximum absolute atomic E-state index is 9.26. The summed E-state index contributed by atoms with van der Waals surface area (Å²) in [6, 6.07) is 9.87. The minimum Gasteiger partial charge on any atom is -0.512 e. The van der Waals surface area contributed by atoms with Gasteiger partial charge in [-0.2, -0.15) is 0 Å². The minimum absolute atomic E-state index is 0.157. The van der Waals surface area contributed by atoms with Crippen LogP contribution < -0.4 is 4.65 Å². The van der Waals surface area contributed by atoms with Gasteiger partial charge in [-0.1, -0.05) is 12.1 Å². The lowest BCUT2D eigenvalue weighted by molar-refractivity contribution is 0.289. The van der Waals surface area contributed by atoms with Crippen LogP contribution in [0.5, 0.6) is 11.5 Å². The summed E-state index contributed by atoms with van der Waals surface area (Å²) < 4.78 is 4.80. The monoisotopic (exact) mass is 204 g/mol. The molecule has 0 amide bonds. The van der Waals surface area contributed by atoms with Crippen LogP contribution in [-0.2, 0) is 0 Å². The Morgan fingerprint density at radius 1 is 1.07 bits per heavy atom. The van der Waals surface area contributed by atoms with Crippen molar-refractivity contribution < 1.29 is 19.8 Å². The normalized spacial score (nSPS) is 10.3. The van der Waals surface area contributed by atoms with Gasteiger partial charge in [0, 0.05) is 5.39 Å². The highest BCUT2D eigenvalue weighted by atomic mass is 16.6. The van der Waals surface area contributed by atoms with Gasteiger partial charge in [-0.05, 0) is 29.7 Å². The van der Waals surface area contributed by atoms with Gasteiger partial charge in [0.15, 0.2) is 0 Å². The van der Waals surface area contributed by atoms with E-state index in [1.54, 1.807) is 30.3 Å². The smallest absolute Gasteiger partial charge is 0.512 e. The third-order valence-electron chi connectivity index (χ3n) is 2.06. The fourth-order valence-corrected chi connectivity index (χ4v) is 1.46. The highest BCUT2D eigenvalue weighted by Gasteiger charge is 2.13. The van der Waals surface area contributed by atoms with Crippen LogP contribution in [0.15, 0.2) is 36.4 Å². The molecule has 76 valence electrons. The van der Waals surface area contributed by atoms with Gasteiger partial charge in [0.25, 0.3) is 0 Å². The highest BCUT2D eigenvalue weighted by Crippen LogP contribution is 2.28. The van der Waals surface area contributed by atoms with Gasteiger partial charge in [-0.3, -0.25) is 0 Å². The number of aromatic hydroxyl groups is 1. The molecule has 4 nitrogen and oxygen atoms in total. The minimum atomic E-state index is -1.84. The molecule has 0 unspecified atom stereocenters. The number of rotatable bonds is 2. The molecule has 0 bridgehead atoms. The molecular weight excluding hydrogens is 195 g/mol. The molecule has 0 atom stereocenters. The standard InChI is InChI=1S/C10H9BO4/c12-8-4-5-9-7(6-8)2-1-3-10(9)15-11(13)14/h1-6,12-14H. The van der Waals surface area contributed by atoms with E-state index >= 15 is 0 Å². The topological polar surface area (TPSA) is 69.9 Å². The van der Waals surface area contributed by atoms with Crippen molar-refractivity contribution in [3.63, 3.8) is 0 Å². The quantitative estimate of drug-likeness (QED) is 0.635. The Kier molecular flexibility index (Phi) is 2.49. The summed E-state index contributed by atoms with van der Waals surface area (Å²) in [6.45, 7) is 0. The van der Waals surface area contributed by atoms with E-state index in [1.165, 1.54) is 6.07 Å². The van der Waals surface area contributed by atoms with E-state index < -0.39 is 7.32 Å². The lowest BCUT2D eigenvalue weighted by atomic mass is 10.1. The first-order valence-corrected chi connectivity index (χ1v) is 4.41. The van der Waals surface area contributed by atoms with Crippen molar-refractivity contribution in [3.05, 3.63) is 36.4 Å². The van der Waals surface area contributed by atoms with Crippen molar-refractivity contribution in [2.24, 2.45) is 0 Å². The van der Waals surface area contributed by atoms with Crippen LogP contribution in [0.4, 0.5) is 0 Å². The van der Waals surface area contributed by atoms with Crippen molar-refractivity contribution >= 4 is 18.1 Å². The SMILES string of the molecule is OB(O)Oc1cccc2cc(O)ccc12. The van der Waals surface area contributed by atoms with Crippen LogP contribution in [0, 0.1) is 0 Å². The lowest BCUT2D eigenvalue weighted by Gasteiger charge is -2.08. The highest BCUT2D eigenvalue weighted by molar-refractivity contribution is 6.34. The summed E-state index contributed by atoms with van der Waals surface area (Å²) >= 11 is 0. The van der Waals surface area contributed by atoms with Crippen molar-refractivity contribution in [2.75, 3.05) is 0 Å². The van der Waals surface area contributed by atoms with E-state index in [-0.39, 0.29) is 5.75 Å². The zero-order chi connectivity index (χ0) is 10.8. The van der Waals surface area contributed by atoms with Gasteiger partial charge in [0.05, 0.1) is 0 Å². The first kappa shape index (κ1) is 9.83. The maximum Gasteiger partial charge on any atom is 0.707 e. The van der Waals surface area contributed by atoms with Gasteiger partial charge >= 0.3 is 7.32 Å². The average molecular weight is 204 g/mol. The number of fused-ring (bicyclic) bond motifs is 1. The molecule has 0 spiro atoms. The van der Waals surface area contributed by atoms with Gasteiger partial charge in [-0.25, -0.2) is 0 Å². The summed E-state index contributed by atoms with van der Waals surface area (Å²) in [4.78, 5) is 0. The van der Waals surface area contributed by atoms with Crippen molar-refractivity contribution in [2.45, 2.75) is 0 Å². The molecule has 5 heteroatoms. The Morgan fingerprint density at radius 2 is 1.87 bits per heavy atom. The zero-order valence-corrected chi connectivity index (χ0v) is 7.79. The van der Waals surface area contributed by atoms with Gasteiger partial charge in [0.2, 0.25) is 0 Å². The molecule has 0 saturated heterocycles. The molecule has 0 aliphatic carbocycles. The lowest BCUT2D eigenvalue weighted by Crippen LogP contribution is -2.20. The van der Waals surface area contributed by atoms with Gasteiger partial charge in [0.1, 0.15) is 11.5 Å². The van der Waals surface area contributed by atoms with Crippen molar-refractivity contribution in [3.8, 4) is 11.5 Å². The van der Waals surface area contributed by atoms with E-state index in [0.29, 0.717) is 11.1 Å². The Hall–Kier alpha value is -1.72. The summed E-state index contributed by atoms with van der Waals surface area (Å²) in [5.41, 5.74) is 0. The first-order valence-electron chi connectivity index (χ1n) is 4.41. The van der Waals surface area contributed by atoms with E-state index in [9.17, 15) is 5.11 Å². The van der Waals surface area contributed by atoms with Crippen LogP contribution in [0.25, 0.3) is 10.8 Å². The molecule has 2 aromatic rings. The van der Waals surface area contributed by atoms with E-state index in [4.69, 9.17) is 14.7 Å². The second-order valence-electron chi connectivity index (χ2n) is 3.11. The molecule has 15 heavy (non-hydrogen) atoms. The van der Waals surface area contributed by atoms with Crippen LogP contribution in [0.1, 0.15) is 0 Å². The third kappa shape index (κ3) is 2.03. The fraction of sp³-hybridized carbons (Fsp3) is 0. The molecule has 2 aromatic carbocycles. The third-order valence-corrected chi connectivity index (χ3v) is 2.06. The van der Waals surface area contributed by atoms with E-state index in [2.05, 4.69) is 0 Å². The molecule has 3 N–H and O–H groups in total. The summed E-state index contributed by atoms with van der Waals surface area (Å²) in [5.74, 6) is 0.520. The van der Waals surface area contributed by atoms with Crippen LogP contribution >= 0.6 is 0 Å². The molecule has 0 aliphatic heterocycles. The van der Waals surface area contributed by atoms with Crippen molar-refractivity contribution in [1.29, 1.82) is 0 Å². The van der Waals surface area contributed by atoms with Crippen LogP contribution in [-0.4, -0.2) is 22.5 Å². The number of hydrogen-bond donors (Lipinski definition) is 3. The second-order valence-corrected chi connectivity index (χ2v) is 3.11. The zero-order valence-electron chi connectivity index (χ0n) is 7.79. The number of phenolic OH excluding ortho intramolecular Hbond substituents is 1. The molecule has 0 fully saturated rings. The summed E-state index contributed by atoms with van der Waals surface area (Å²) in [5, 5.41) is 28.2. The molecule has 0 aliphatic rings. The van der Waals surface area contributed by atoms with Crippen LogP contribution in [0.2, 0.25) is 0 Å².